The van der Waals surface area contributed by atoms with Gasteiger partial charge in [0.15, 0.2) is 0 Å². The Morgan fingerprint density at radius 3 is 2.25 bits per heavy atom. The highest BCUT2D eigenvalue weighted by Crippen LogP contribution is 2.10. The predicted molar refractivity (Wildman–Crippen MR) is 91.7 cm³/mol. The Morgan fingerprint density at radius 1 is 1.08 bits per heavy atom. The summed E-state index contributed by atoms with van der Waals surface area (Å²) in [5, 5.41) is 14.2. The molecular weight excluding hydrogens is 308 g/mol. The van der Waals surface area contributed by atoms with E-state index in [1.807, 2.05) is 32.9 Å². The molecule has 2 atom stereocenters. The molecule has 1 aromatic carbocycles. The highest BCUT2D eigenvalue weighted by molar-refractivity contribution is 5.98. The first-order valence-corrected chi connectivity index (χ1v) is 8.09. The summed E-state index contributed by atoms with van der Waals surface area (Å²) < 4.78 is 0. The quantitative estimate of drug-likeness (QED) is 0.678. The fraction of sp³-hybridized carbons (Fsp3) is 0.500. The van der Waals surface area contributed by atoms with Crippen LogP contribution >= 0.6 is 0 Å². The molecule has 0 spiro atoms. The van der Waals surface area contributed by atoms with Gasteiger partial charge in [-0.05, 0) is 37.8 Å². The molecule has 0 heterocycles. The van der Waals surface area contributed by atoms with Gasteiger partial charge in [0.1, 0.15) is 6.04 Å². The summed E-state index contributed by atoms with van der Waals surface area (Å²) >= 11 is 0. The van der Waals surface area contributed by atoms with Crippen molar-refractivity contribution in [3.05, 3.63) is 35.4 Å². The molecular formula is C18H26N2O4. The molecule has 2 amide bonds. The number of carboxylic acid groups (broad SMARTS) is 1. The number of benzene rings is 1. The summed E-state index contributed by atoms with van der Waals surface area (Å²) in [5.74, 6) is -1.45. The minimum absolute atomic E-state index is 0.161. The topological polar surface area (TPSA) is 95.5 Å². The Morgan fingerprint density at radius 2 is 1.71 bits per heavy atom. The summed E-state index contributed by atoms with van der Waals surface area (Å²) in [6, 6.07) is 5.96. The standard InChI is InChI=1S/C18H26N2O4/c1-11(2)9-15(18(24)19-13(4)10-16(21)22)20-17(23)14-8-6-5-7-12(14)3/h5-8,11,13,15H,9-10H2,1-4H3,(H,19,24)(H,20,23)(H,21,22)/t13-,15-/m1/s1. The lowest BCUT2D eigenvalue weighted by atomic mass is 10.0. The van der Waals surface area contributed by atoms with E-state index in [1.54, 1.807) is 19.1 Å². The third kappa shape index (κ3) is 6.40. The lowest BCUT2D eigenvalue weighted by molar-refractivity contribution is -0.137. The van der Waals surface area contributed by atoms with E-state index in [0.29, 0.717) is 12.0 Å². The van der Waals surface area contributed by atoms with Gasteiger partial charge in [-0.1, -0.05) is 32.0 Å². The Labute approximate surface area is 142 Å². The van der Waals surface area contributed by atoms with Crippen molar-refractivity contribution in [1.29, 1.82) is 0 Å². The average molecular weight is 334 g/mol. The number of nitrogens with one attached hydrogen (secondary N) is 2. The first-order chi connectivity index (χ1) is 11.2. The Bertz CT molecular complexity index is 598. The Balaban J connectivity index is 2.81. The lowest BCUT2D eigenvalue weighted by Crippen LogP contribution is -2.50. The molecule has 0 aliphatic carbocycles. The number of aliphatic carboxylic acids is 1. The molecule has 0 radical (unpaired) electrons. The molecule has 0 bridgehead atoms. The van der Waals surface area contributed by atoms with Crippen molar-refractivity contribution < 1.29 is 19.5 Å². The second kappa shape index (κ2) is 9.05. The van der Waals surface area contributed by atoms with E-state index in [-0.39, 0.29) is 24.2 Å². The first-order valence-electron chi connectivity index (χ1n) is 8.09. The molecule has 1 rings (SSSR count). The van der Waals surface area contributed by atoms with Crippen molar-refractivity contribution in [1.82, 2.24) is 10.6 Å². The van der Waals surface area contributed by atoms with Crippen molar-refractivity contribution in [3.63, 3.8) is 0 Å². The minimum Gasteiger partial charge on any atom is -0.481 e. The third-order valence-electron chi connectivity index (χ3n) is 3.59. The molecule has 0 saturated heterocycles. The molecule has 1 aromatic rings. The van der Waals surface area contributed by atoms with Crippen LogP contribution in [0, 0.1) is 12.8 Å². The SMILES string of the molecule is Cc1ccccc1C(=O)N[C@H](CC(C)C)C(=O)N[C@H](C)CC(=O)O. The van der Waals surface area contributed by atoms with Gasteiger partial charge in [0.05, 0.1) is 6.42 Å². The smallest absolute Gasteiger partial charge is 0.305 e. The number of amides is 2. The third-order valence-corrected chi connectivity index (χ3v) is 3.59. The molecule has 0 aromatic heterocycles. The van der Waals surface area contributed by atoms with Crippen LogP contribution in [0.25, 0.3) is 0 Å². The zero-order chi connectivity index (χ0) is 18.3. The summed E-state index contributed by atoms with van der Waals surface area (Å²) in [5.41, 5.74) is 1.36. The maximum atomic E-state index is 12.4. The maximum Gasteiger partial charge on any atom is 0.305 e. The molecule has 0 fully saturated rings. The van der Waals surface area contributed by atoms with E-state index in [0.717, 1.165) is 5.56 Å². The second-order valence-corrected chi connectivity index (χ2v) is 6.48. The van der Waals surface area contributed by atoms with Gasteiger partial charge in [0, 0.05) is 11.6 Å². The fourth-order valence-corrected chi connectivity index (χ4v) is 2.42. The van der Waals surface area contributed by atoms with Gasteiger partial charge in [-0.3, -0.25) is 14.4 Å². The van der Waals surface area contributed by atoms with E-state index < -0.39 is 18.1 Å². The predicted octanol–water partition coefficient (Wildman–Crippen LogP) is 2.12. The van der Waals surface area contributed by atoms with Gasteiger partial charge in [0.25, 0.3) is 5.91 Å². The number of carboxylic acids is 1. The van der Waals surface area contributed by atoms with Crippen molar-refractivity contribution >= 4 is 17.8 Å². The number of carbonyl (C=O) groups excluding carboxylic acids is 2. The molecule has 24 heavy (non-hydrogen) atoms. The molecule has 6 heteroatoms. The van der Waals surface area contributed by atoms with Crippen LogP contribution in [0.5, 0.6) is 0 Å². The molecule has 0 aliphatic heterocycles. The zero-order valence-electron chi connectivity index (χ0n) is 14.6. The largest absolute Gasteiger partial charge is 0.481 e. The van der Waals surface area contributed by atoms with Crippen LogP contribution in [0.4, 0.5) is 0 Å². The Kier molecular flexibility index (Phi) is 7.42. The highest BCUT2D eigenvalue weighted by Gasteiger charge is 2.24. The molecule has 132 valence electrons. The van der Waals surface area contributed by atoms with Crippen LogP contribution < -0.4 is 10.6 Å². The summed E-state index contributed by atoms with van der Waals surface area (Å²) in [6.07, 6.45) is 0.315. The molecule has 3 N–H and O–H groups in total. The van der Waals surface area contributed by atoms with E-state index >= 15 is 0 Å². The van der Waals surface area contributed by atoms with Crippen LogP contribution in [0.15, 0.2) is 24.3 Å². The van der Waals surface area contributed by atoms with Crippen LogP contribution in [0.1, 0.15) is 49.5 Å². The van der Waals surface area contributed by atoms with Crippen molar-refractivity contribution in [2.24, 2.45) is 5.92 Å². The monoisotopic (exact) mass is 334 g/mol. The highest BCUT2D eigenvalue weighted by atomic mass is 16.4. The van der Waals surface area contributed by atoms with Crippen LogP contribution in [0.3, 0.4) is 0 Å². The van der Waals surface area contributed by atoms with E-state index in [4.69, 9.17) is 5.11 Å². The maximum absolute atomic E-state index is 12.4. The second-order valence-electron chi connectivity index (χ2n) is 6.48. The normalized spacial score (nSPS) is 13.2. The van der Waals surface area contributed by atoms with Crippen LogP contribution in [-0.4, -0.2) is 35.0 Å². The Hall–Kier alpha value is -2.37. The van der Waals surface area contributed by atoms with Gasteiger partial charge in [-0.2, -0.15) is 0 Å². The molecule has 6 nitrogen and oxygen atoms in total. The molecule has 0 unspecified atom stereocenters. The zero-order valence-corrected chi connectivity index (χ0v) is 14.6. The van der Waals surface area contributed by atoms with Crippen molar-refractivity contribution in [2.45, 2.75) is 52.6 Å². The van der Waals surface area contributed by atoms with Crippen molar-refractivity contribution in [2.75, 3.05) is 0 Å². The summed E-state index contributed by atoms with van der Waals surface area (Å²) in [6.45, 7) is 7.38. The van der Waals surface area contributed by atoms with Gasteiger partial charge in [-0.25, -0.2) is 0 Å². The first kappa shape index (κ1) is 19.7. The van der Waals surface area contributed by atoms with Crippen molar-refractivity contribution in [3.8, 4) is 0 Å². The number of hydrogen-bond acceptors (Lipinski definition) is 3. The average Bonchev–Trinajstić information content (AvgIpc) is 2.45. The number of hydrogen-bond donors (Lipinski definition) is 3. The summed E-state index contributed by atoms with van der Waals surface area (Å²) in [4.78, 5) is 35.6. The van der Waals surface area contributed by atoms with Crippen LogP contribution in [0.2, 0.25) is 0 Å². The molecule has 0 aliphatic rings. The fourth-order valence-electron chi connectivity index (χ4n) is 2.42. The van der Waals surface area contributed by atoms with E-state index in [1.165, 1.54) is 0 Å². The number of carbonyl (C=O) groups is 3. The summed E-state index contributed by atoms with van der Waals surface area (Å²) in [7, 11) is 0. The molecule has 0 saturated carbocycles. The van der Waals surface area contributed by atoms with Gasteiger partial charge >= 0.3 is 5.97 Å². The number of aryl methyl sites for hydroxylation is 1. The van der Waals surface area contributed by atoms with Gasteiger partial charge in [-0.15, -0.1) is 0 Å². The number of rotatable bonds is 8. The lowest BCUT2D eigenvalue weighted by Gasteiger charge is -2.22. The van der Waals surface area contributed by atoms with E-state index in [9.17, 15) is 14.4 Å². The minimum atomic E-state index is -0.979. The van der Waals surface area contributed by atoms with Gasteiger partial charge in [0.2, 0.25) is 5.91 Å². The van der Waals surface area contributed by atoms with Crippen LogP contribution in [-0.2, 0) is 9.59 Å². The van der Waals surface area contributed by atoms with Gasteiger partial charge < -0.3 is 15.7 Å². The van der Waals surface area contributed by atoms with E-state index in [2.05, 4.69) is 10.6 Å².